The second-order valence-electron chi connectivity index (χ2n) is 3.40. The van der Waals surface area contributed by atoms with E-state index in [1.54, 1.807) is 12.1 Å². The summed E-state index contributed by atoms with van der Waals surface area (Å²) >= 11 is 6.01. The van der Waals surface area contributed by atoms with Gasteiger partial charge in [-0.25, -0.2) is 0 Å². The maximum Gasteiger partial charge on any atom is 0.250 e. The van der Waals surface area contributed by atoms with Crippen LogP contribution in [0.15, 0.2) is 29.3 Å². The van der Waals surface area contributed by atoms with Crippen LogP contribution in [-0.2, 0) is 4.79 Å². The van der Waals surface area contributed by atoms with E-state index >= 15 is 0 Å². The van der Waals surface area contributed by atoms with Gasteiger partial charge >= 0.3 is 0 Å². The molecule has 0 unspecified atom stereocenters. The third-order valence-electron chi connectivity index (χ3n) is 2.16. The van der Waals surface area contributed by atoms with Crippen molar-refractivity contribution in [1.29, 1.82) is 0 Å². The first-order chi connectivity index (χ1) is 8.04. The Morgan fingerprint density at radius 1 is 1.53 bits per heavy atom. The van der Waals surface area contributed by atoms with Crippen LogP contribution in [0, 0.1) is 6.92 Å². The zero-order chi connectivity index (χ0) is 12.8. The van der Waals surface area contributed by atoms with Gasteiger partial charge in [0.1, 0.15) is 0 Å². The Kier molecular flexibility index (Phi) is 4.72. The number of guanidine groups is 1. The predicted molar refractivity (Wildman–Crippen MR) is 70.9 cm³/mol. The van der Waals surface area contributed by atoms with Crippen molar-refractivity contribution in [3.63, 3.8) is 0 Å². The van der Waals surface area contributed by atoms with E-state index in [0.29, 0.717) is 5.02 Å². The van der Waals surface area contributed by atoms with Gasteiger partial charge in [-0.05, 0) is 30.2 Å². The van der Waals surface area contributed by atoms with Crippen LogP contribution < -0.4 is 11.1 Å². The van der Waals surface area contributed by atoms with Gasteiger partial charge in [-0.3, -0.25) is 15.1 Å². The minimum atomic E-state index is -0.340. The third-order valence-corrected chi connectivity index (χ3v) is 2.49. The van der Waals surface area contributed by atoms with E-state index in [1.807, 2.05) is 19.1 Å². The van der Waals surface area contributed by atoms with Crippen LogP contribution in [0.1, 0.15) is 11.1 Å². The molecule has 0 fully saturated rings. The molecule has 0 heterocycles. The molecule has 1 aromatic rings. The fourth-order valence-corrected chi connectivity index (χ4v) is 1.52. The van der Waals surface area contributed by atoms with Gasteiger partial charge in [0.05, 0.1) is 0 Å². The summed E-state index contributed by atoms with van der Waals surface area (Å²) in [5.74, 6) is -0.261. The number of aliphatic imine (C=N–C) groups is 1. The largest absolute Gasteiger partial charge is 0.370 e. The van der Waals surface area contributed by atoms with Crippen LogP contribution in [0.3, 0.4) is 0 Å². The Labute approximate surface area is 105 Å². The quantitative estimate of drug-likeness (QED) is 0.477. The number of halogens is 1. The van der Waals surface area contributed by atoms with E-state index in [4.69, 9.17) is 17.3 Å². The molecule has 0 bridgehead atoms. The van der Waals surface area contributed by atoms with Crippen molar-refractivity contribution < 1.29 is 4.79 Å². The van der Waals surface area contributed by atoms with Crippen molar-refractivity contribution in [3.05, 3.63) is 40.4 Å². The molecule has 3 N–H and O–H groups in total. The lowest BCUT2D eigenvalue weighted by molar-refractivity contribution is -0.115. The fourth-order valence-electron chi connectivity index (χ4n) is 1.24. The van der Waals surface area contributed by atoms with Crippen LogP contribution in [0.25, 0.3) is 6.08 Å². The Morgan fingerprint density at radius 2 is 2.24 bits per heavy atom. The molecule has 0 saturated heterocycles. The summed E-state index contributed by atoms with van der Waals surface area (Å²) in [6, 6.07) is 5.55. The summed E-state index contributed by atoms with van der Waals surface area (Å²) < 4.78 is 0. The molecule has 0 aliphatic heterocycles. The number of rotatable bonds is 2. The number of hydrogen-bond acceptors (Lipinski definition) is 2. The number of carbonyl (C=O) groups excluding carboxylic acids is 1. The Bertz CT molecular complexity index is 460. The van der Waals surface area contributed by atoms with Gasteiger partial charge < -0.3 is 5.73 Å². The van der Waals surface area contributed by atoms with Crippen LogP contribution in [-0.4, -0.2) is 18.9 Å². The molecule has 1 rings (SSSR count). The topological polar surface area (TPSA) is 67.5 Å². The SMILES string of the molecule is CN=C(N)NC(=O)/C=C/c1c(C)cccc1Cl. The third kappa shape index (κ3) is 3.92. The second-order valence-corrected chi connectivity index (χ2v) is 3.81. The lowest BCUT2D eigenvalue weighted by Crippen LogP contribution is -2.35. The zero-order valence-corrected chi connectivity index (χ0v) is 10.5. The predicted octanol–water partition coefficient (Wildman–Crippen LogP) is 1.72. The van der Waals surface area contributed by atoms with Crippen molar-refractivity contribution >= 4 is 29.5 Å². The molecule has 0 saturated carbocycles. The minimum Gasteiger partial charge on any atom is -0.370 e. The summed E-state index contributed by atoms with van der Waals surface area (Å²) in [5.41, 5.74) is 7.18. The molecule has 0 aliphatic carbocycles. The Balaban J connectivity index is 2.81. The van der Waals surface area contributed by atoms with E-state index in [1.165, 1.54) is 13.1 Å². The average molecular weight is 252 g/mol. The molecule has 1 amide bonds. The number of hydrogen-bond donors (Lipinski definition) is 2. The fraction of sp³-hybridized carbons (Fsp3) is 0.167. The van der Waals surface area contributed by atoms with Gasteiger partial charge in [-0.1, -0.05) is 23.7 Å². The monoisotopic (exact) mass is 251 g/mol. The standard InChI is InChI=1S/C12H14ClN3O/c1-8-4-3-5-10(13)9(8)6-7-11(17)16-12(14)15-2/h3-7H,1-2H3,(H3,14,15,16,17)/b7-6+. The summed E-state index contributed by atoms with van der Waals surface area (Å²) in [6.45, 7) is 1.92. The molecule has 0 aliphatic rings. The van der Waals surface area contributed by atoms with E-state index in [2.05, 4.69) is 10.3 Å². The van der Waals surface area contributed by atoms with Gasteiger partial charge in [-0.2, -0.15) is 0 Å². The molecular formula is C12H14ClN3O. The first-order valence-electron chi connectivity index (χ1n) is 5.01. The van der Waals surface area contributed by atoms with Crippen molar-refractivity contribution in [1.82, 2.24) is 5.32 Å². The molecule has 4 nitrogen and oxygen atoms in total. The van der Waals surface area contributed by atoms with Gasteiger partial charge in [0.15, 0.2) is 5.96 Å². The summed E-state index contributed by atoms with van der Waals surface area (Å²) in [5, 5.41) is 3.00. The normalized spacial score (nSPS) is 11.8. The highest BCUT2D eigenvalue weighted by Gasteiger charge is 2.01. The number of aryl methyl sites for hydroxylation is 1. The van der Waals surface area contributed by atoms with Gasteiger partial charge in [-0.15, -0.1) is 0 Å². The van der Waals surface area contributed by atoms with E-state index in [9.17, 15) is 4.79 Å². The zero-order valence-electron chi connectivity index (χ0n) is 9.70. The van der Waals surface area contributed by atoms with Crippen molar-refractivity contribution in [2.24, 2.45) is 10.7 Å². The number of nitrogens with one attached hydrogen (secondary N) is 1. The van der Waals surface area contributed by atoms with Crippen LogP contribution in [0.4, 0.5) is 0 Å². The molecule has 0 atom stereocenters. The molecular weight excluding hydrogens is 238 g/mol. The summed E-state index contributed by atoms with van der Waals surface area (Å²) in [4.78, 5) is 15.0. The lowest BCUT2D eigenvalue weighted by atomic mass is 10.1. The van der Waals surface area contributed by atoms with Crippen molar-refractivity contribution in [3.8, 4) is 0 Å². The van der Waals surface area contributed by atoms with Crippen LogP contribution >= 0.6 is 11.6 Å². The first kappa shape index (κ1) is 13.3. The molecule has 17 heavy (non-hydrogen) atoms. The maximum absolute atomic E-state index is 11.4. The van der Waals surface area contributed by atoms with Crippen molar-refractivity contribution in [2.45, 2.75) is 6.92 Å². The molecule has 5 heteroatoms. The highest BCUT2D eigenvalue weighted by atomic mass is 35.5. The summed E-state index contributed by atoms with van der Waals surface area (Å²) in [6.07, 6.45) is 3.02. The van der Waals surface area contributed by atoms with Gasteiger partial charge in [0.2, 0.25) is 0 Å². The molecule has 0 radical (unpaired) electrons. The van der Waals surface area contributed by atoms with Crippen LogP contribution in [0.2, 0.25) is 5.02 Å². The smallest absolute Gasteiger partial charge is 0.250 e. The molecule has 1 aromatic carbocycles. The number of carbonyl (C=O) groups is 1. The second kappa shape index (κ2) is 6.06. The first-order valence-corrected chi connectivity index (χ1v) is 5.39. The number of benzene rings is 1. The maximum atomic E-state index is 11.4. The van der Waals surface area contributed by atoms with Gasteiger partial charge in [0.25, 0.3) is 5.91 Å². The highest BCUT2D eigenvalue weighted by Crippen LogP contribution is 2.20. The molecule has 90 valence electrons. The van der Waals surface area contributed by atoms with E-state index in [-0.39, 0.29) is 11.9 Å². The Morgan fingerprint density at radius 3 is 2.82 bits per heavy atom. The number of nitrogens with zero attached hydrogens (tertiary/aromatic N) is 1. The number of amides is 1. The van der Waals surface area contributed by atoms with Crippen LogP contribution in [0.5, 0.6) is 0 Å². The number of nitrogens with two attached hydrogens (primary N) is 1. The highest BCUT2D eigenvalue weighted by molar-refractivity contribution is 6.32. The van der Waals surface area contributed by atoms with Crippen molar-refractivity contribution in [2.75, 3.05) is 7.05 Å². The van der Waals surface area contributed by atoms with E-state index in [0.717, 1.165) is 11.1 Å². The van der Waals surface area contributed by atoms with E-state index < -0.39 is 0 Å². The minimum absolute atomic E-state index is 0.0792. The average Bonchev–Trinajstić information content (AvgIpc) is 2.28. The lowest BCUT2D eigenvalue weighted by Gasteiger charge is -2.02. The molecule has 0 spiro atoms. The summed E-state index contributed by atoms with van der Waals surface area (Å²) in [7, 11) is 1.50. The van der Waals surface area contributed by atoms with Gasteiger partial charge in [0, 0.05) is 18.1 Å². The Hall–Kier alpha value is -1.81. The molecule has 0 aromatic heterocycles.